The number of anilines is 1. The van der Waals surface area contributed by atoms with E-state index in [1.165, 1.54) is 0 Å². The van der Waals surface area contributed by atoms with E-state index in [0.29, 0.717) is 26.9 Å². The van der Waals surface area contributed by atoms with Crippen LogP contribution in [0.3, 0.4) is 0 Å². The van der Waals surface area contributed by atoms with Crippen molar-refractivity contribution in [2.75, 3.05) is 11.9 Å². The molecule has 2 aromatic carbocycles. The lowest BCUT2D eigenvalue weighted by atomic mass is 10.2. The molecule has 1 heterocycles. The highest BCUT2D eigenvalue weighted by Gasteiger charge is 2.17. The lowest BCUT2D eigenvalue weighted by Gasteiger charge is -2.07. The molecule has 0 radical (unpaired) electrons. The van der Waals surface area contributed by atoms with Crippen LogP contribution < -0.4 is 15.8 Å². The molecule has 0 saturated carbocycles. The third kappa shape index (κ3) is 3.87. The van der Waals surface area contributed by atoms with Crippen LogP contribution in [0.5, 0.6) is 5.75 Å². The number of H-pyrrole nitrogens is 1. The number of aromatic nitrogens is 1. The first-order valence-electron chi connectivity index (χ1n) is 7.23. The van der Waals surface area contributed by atoms with E-state index in [9.17, 15) is 9.59 Å². The van der Waals surface area contributed by atoms with Gasteiger partial charge in [-0.15, -0.1) is 0 Å². The zero-order chi connectivity index (χ0) is 18.0. The van der Waals surface area contributed by atoms with Crippen molar-refractivity contribution in [3.63, 3.8) is 0 Å². The van der Waals surface area contributed by atoms with Gasteiger partial charge in [0.2, 0.25) is 0 Å². The van der Waals surface area contributed by atoms with Gasteiger partial charge in [-0.3, -0.25) is 9.59 Å². The Morgan fingerprint density at radius 3 is 2.52 bits per heavy atom. The van der Waals surface area contributed by atoms with Crippen LogP contribution in [0.1, 0.15) is 10.5 Å². The SMILES string of the molecule is NC(=O)COc1ccc(NC(=O)c2[nH]c3ccc(Cl)cc3c2Cl)cc1. The average molecular weight is 378 g/mol. The van der Waals surface area contributed by atoms with Gasteiger partial charge in [0.05, 0.1) is 5.02 Å². The Bertz CT molecular complexity index is 952. The van der Waals surface area contributed by atoms with Gasteiger partial charge in [0, 0.05) is 21.6 Å². The summed E-state index contributed by atoms with van der Waals surface area (Å²) in [6.45, 7) is -0.209. The standard InChI is InChI=1S/C17H13Cl2N3O3/c18-9-1-6-13-12(7-9)15(19)16(22-13)17(24)21-10-2-4-11(5-3-10)25-8-14(20)23/h1-7,22H,8H2,(H2,20,23)(H,21,24). The molecule has 128 valence electrons. The average Bonchev–Trinajstić information content (AvgIpc) is 2.91. The van der Waals surface area contributed by atoms with Gasteiger partial charge in [0.1, 0.15) is 11.4 Å². The second kappa shape index (κ2) is 7.04. The molecule has 0 saturated heterocycles. The molecule has 4 N–H and O–H groups in total. The van der Waals surface area contributed by atoms with Gasteiger partial charge in [-0.1, -0.05) is 23.2 Å². The minimum absolute atomic E-state index is 0.209. The summed E-state index contributed by atoms with van der Waals surface area (Å²) in [6.07, 6.45) is 0. The van der Waals surface area contributed by atoms with Crippen LogP contribution in [0.4, 0.5) is 5.69 Å². The van der Waals surface area contributed by atoms with Gasteiger partial charge in [0.15, 0.2) is 6.61 Å². The Balaban J connectivity index is 1.76. The number of primary amides is 1. The third-order valence-electron chi connectivity index (χ3n) is 3.42. The highest BCUT2D eigenvalue weighted by Crippen LogP contribution is 2.30. The van der Waals surface area contributed by atoms with E-state index in [4.69, 9.17) is 33.7 Å². The summed E-state index contributed by atoms with van der Waals surface area (Å²) in [6, 6.07) is 11.7. The molecule has 3 rings (SSSR count). The Labute approximate surface area is 152 Å². The van der Waals surface area contributed by atoms with Crippen LogP contribution >= 0.6 is 23.2 Å². The molecule has 0 aliphatic carbocycles. The number of fused-ring (bicyclic) bond motifs is 1. The molecule has 0 unspecified atom stereocenters. The Kier molecular flexibility index (Phi) is 4.83. The smallest absolute Gasteiger partial charge is 0.273 e. The van der Waals surface area contributed by atoms with Crippen LogP contribution in [0.15, 0.2) is 42.5 Å². The fraction of sp³-hybridized carbons (Fsp3) is 0.0588. The van der Waals surface area contributed by atoms with E-state index < -0.39 is 5.91 Å². The van der Waals surface area contributed by atoms with Crippen molar-refractivity contribution < 1.29 is 14.3 Å². The first-order chi connectivity index (χ1) is 11.9. The van der Waals surface area contributed by atoms with Crippen molar-refractivity contribution in [2.24, 2.45) is 5.73 Å². The highest BCUT2D eigenvalue weighted by atomic mass is 35.5. The number of carbonyl (C=O) groups excluding carboxylic acids is 2. The lowest BCUT2D eigenvalue weighted by molar-refractivity contribution is -0.119. The normalized spacial score (nSPS) is 10.6. The number of nitrogens with one attached hydrogen (secondary N) is 2. The van der Waals surface area contributed by atoms with Crippen molar-refractivity contribution in [1.29, 1.82) is 0 Å². The molecule has 3 aromatic rings. The van der Waals surface area contributed by atoms with Crippen LogP contribution in [0.25, 0.3) is 10.9 Å². The third-order valence-corrected chi connectivity index (χ3v) is 4.05. The van der Waals surface area contributed by atoms with Crippen LogP contribution in [0.2, 0.25) is 10.0 Å². The maximum atomic E-state index is 12.4. The van der Waals surface area contributed by atoms with E-state index in [1.807, 2.05) is 0 Å². The van der Waals surface area contributed by atoms with Gasteiger partial charge in [-0.05, 0) is 42.5 Å². The summed E-state index contributed by atoms with van der Waals surface area (Å²) in [5.41, 5.74) is 6.52. The number of rotatable bonds is 5. The van der Waals surface area contributed by atoms with Crippen molar-refractivity contribution >= 4 is 51.6 Å². The van der Waals surface area contributed by atoms with E-state index >= 15 is 0 Å². The van der Waals surface area contributed by atoms with Crippen molar-refractivity contribution in [3.05, 3.63) is 58.2 Å². The topological polar surface area (TPSA) is 97.2 Å². The zero-order valence-electron chi connectivity index (χ0n) is 12.8. The minimum Gasteiger partial charge on any atom is -0.484 e. The monoisotopic (exact) mass is 377 g/mol. The fourth-order valence-electron chi connectivity index (χ4n) is 2.27. The number of hydrogen-bond acceptors (Lipinski definition) is 3. The predicted octanol–water partition coefficient (Wildman–Crippen LogP) is 3.59. The van der Waals surface area contributed by atoms with E-state index in [1.54, 1.807) is 42.5 Å². The minimum atomic E-state index is -0.564. The van der Waals surface area contributed by atoms with Crippen molar-refractivity contribution in [1.82, 2.24) is 4.98 Å². The Hall–Kier alpha value is -2.70. The quantitative estimate of drug-likeness (QED) is 0.633. The number of carbonyl (C=O) groups is 2. The van der Waals surface area contributed by atoms with E-state index in [0.717, 1.165) is 5.52 Å². The van der Waals surface area contributed by atoms with Gasteiger partial charge >= 0.3 is 0 Å². The predicted molar refractivity (Wildman–Crippen MR) is 97.4 cm³/mol. The van der Waals surface area contributed by atoms with E-state index in [-0.39, 0.29) is 18.2 Å². The van der Waals surface area contributed by atoms with Gasteiger partial charge in [0.25, 0.3) is 11.8 Å². The number of hydrogen-bond donors (Lipinski definition) is 3. The van der Waals surface area contributed by atoms with Gasteiger partial charge < -0.3 is 20.8 Å². The molecule has 0 fully saturated rings. The molecule has 0 spiro atoms. The van der Waals surface area contributed by atoms with Crippen molar-refractivity contribution in [3.8, 4) is 5.75 Å². The van der Waals surface area contributed by atoms with Crippen LogP contribution in [-0.2, 0) is 4.79 Å². The highest BCUT2D eigenvalue weighted by molar-refractivity contribution is 6.40. The number of benzene rings is 2. The molecular formula is C17H13Cl2N3O3. The molecule has 0 bridgehead atoms. The molecule has 1 aromatic heterocycles. The number of amides is 2. The van der Waals surface area contributed by atoms with E-state index in [2.05, 4.69) is 10.3 Å². The zero-order valence-corrected chi connectivity index (χ0v) is 14.3. The number of halogens is 2. The summed E-state index contributed by atoms with van der Waals surface area (Å²) in [4.78, 5) is 26.1. The molecule has 25 heavy (non-hydrogen) atoms. The fourth-order valence-corrected chi connectivity index (χ4v) is 2.73. The number of aromatic amines is 1. The summed E-state index contributed by atoms with van der Waals surface area (Å²) in [5, 5.41) is 4.24. The molecule has 8 heteroatoms. The second-order valence-electron chi connectivity index (χ2n) is 5.24. The number of nitrogens with two attached hydrogens (primary N) is 1. The van der Waals surface area contributed by atoms with Gasteiger partial charge in [-0.25, -0.2) is 0 Å². The molecule has 0 aliphatic rings. The summed E-state index contributed by atoms with van der Waals surface area (Å²) in [7, 11) is 0. The van der Waals surface area contributed by atoms with Crippen molar-refractivity contribution in [2.45, 2.75) is 0 Å². The van der Waals surface area contributed by atoms with Crippen LogP contribution in [0, 0.1) is 0 Å². The number of ether oxygens (including phenoxy) is 1. The Morgan fingerprint density at radius 2 is 1.84 bits per heavy atom. The summed E-state index contributed by atoms with van der Waals surface area (Å²) < 4.78 is 5.16. The first kappa shape index (κ1) is 17.1. The van der Waals surface area contributed by atoms with Gasteiger partial charge in [-0.2, -0.15) is 0 Å². The maximum absolute atomic E-state index is 12.4. The molecule has 2 amide bonds. The largest absolute Gasteiger partial charge is 0.484 e. The summed E-state index contributed by atoms with van der Waals surface area (Å²) >= 11 is 12.2. The molecular weight excluding hydrogens is 365 g/mol. The molecule has 0 atom stereocenters. The second-order valence-corrected chi connectivity index (χ2v) is 6.05. The maximum Gasteiger partial charge on any atom is 0.273 e. The summed E-state index contributed by atoms with van der Waals surface area (Å²) in [5.74, 6) is -0.482. The van der Waals surface area contributed by atoms with Crippen LogP contribution in [-0.4, -0.2) is 23.4 Å². The first-order valence-corrected chi connectivity index (χ1v) is 7.99. The Morgan fingerprint density at radius 1 is 1.12 bits per heavy atom. The lowest BCUT2D eigenvalue weighted by Crippen LogP contribution is -2.20. The molecule has 6 nitrogen and oxygen atoms in total. The molecule has 0 aliphatic heterocycles.